The van der Waals surface area contributed by atoms with Crippen molar-refractivity contribution < 1.29 is 9.72 Å². The third kappa shape index (κ3) is 5.92. The molecule has 8 nitrogen and oxygen atoms in total. The van der Waals surface area contributed by atoms with Crippen LogP contribution >= 0.6 is 0 Å². The minimum atomic E-state index is -0.836. The number of nitrogens with one attached hydrogen (secondary N) is 2. The minimum Gasteiger partial charge on any atom is -0.354 e. The minimum absolute atomic E-state index is 0.0845. The number of aromatic nitrogens is 2. The Bertz CT molecular complexity index is 967. The fourth-order valence-electron chi connectivity index (χ4n) is 3.13. The maximum atomic E-state index is 12.9. The van der Waals surface area contributed by atoms with Gasteiger partial charge in [-0.05, 0) is 36.1 Å². The van der Waals surface area contributed by atoms with Crippen LogP contribution < -0.4 is 10.6 Å². The van der Waals surface area contributed by atoms with Gasteiger partial charge in [-0.3, -0.25) is 24.9 Å². The van der Waals surface area contributed by atoms with Crippen molar-refractivity contribution in [1.29, 1.82) is 0 Å². The van der Waals surface area contributed by atoms with Crippen LogP contribution in [0, 0.1) is 10.1 Å². The van der Waals surface area contributed by atoms with Crippen LogP contribution in [-0.2, 0) is 17.6 Å². The van der Waals surface area contributed by atoms with Gasteiger partial charge in [-0.2, -0.15) is 0 Å². The third-order valence-corrected chi connectivity index (χ3v) is 4.63. The summed E-state index contributed by atoms with van der Waals surface area (Å²) in [6, 6.07) is 13.0. The highest BCUT2D eigenvalue weighted by atomic mass is 16.6. The third-order valence-electron chi connectivity index (χ3n) is 4.63. The highest BCUT2D eigenvalue weighted by Crippen LogP contribution is 2.25. The largest absolute Gasteiger partial charge is 0.354 e. The van der Waals surface area contributed by atoms with Gasteiger partial charge in [0, 0.05) is 43.9 Å². The zero-order valence-electron chi connectivity index (χ0n) is 16.4. The van der Waals surface area contributed by atoms with E-state index in [0.29, 0.717) is 31.5 Å². The van der Waals surface area contributed by atoms with E-state index in [0.717, 1.165) is 11.1 Å². The number of para-hydroxylation sites is 1. The second kappa shape index (κ2) is 10.8. The first-order valence-corrected chi connectivity index (χ1v) is 9.67. The van der Waals surface area contributed by atoms with E-state index in [4.69, 9.17) is 0 Å². The SMILES string of the molecule is O=C(NCCc1cccnc1)C(NCCc1cccnc1)c1ccccc1[N+](=O)[O-]. The van der Waals surface area contributed by atoms with Gasteiger partial charge in [0.1, 0.15) is 6.04 Å². The number of rotatable bonds is 10. The molecular formula is C22H23N5O3. The first-order valence-electron chi connectivity index (χ1n) is 9.67. The summed E-state index contributed by atoms with van der Waals surface area (Å²) < 4.78 is 0. The average molecular weight is 405 g/mol. The zero-order chi connectivity index (χ0) is 21.2. The Morgan fingerprint density at radius 1 is 0.933 bits per heavy atom. The average Bonchev–Trinajstić information content (AvgIpc) is 2.78. The second-order valence-electron chi connectivity index (χ2n) is 6.72. The molecule has 0 aliphatic carbocycles. The number of hydrogen-bond donors (Lipinski definition) is 2. The van der Waals surface area contributed by atoms with Crippen LogP contribution in [0.2, 0.25) is 0 Å². The topological polar surface area (TPSA) is 110 Å². The van der Waals surface area contributed by atoms with Crippen LogP contribution in [0.15, 0.2) is 73.3 Å². The fraction of sp³-hybridized carbons (Fsp3) is 0.227. The predicted octanol–water partition coefficient (Wildman–Crippen LogP) is 2.62. The number of benzene rings is 1. The summed E-state index contributed by atoms with van der Waals surface area (Å²) in [7, 11) is 0. The van der Waals surface area contributed by atoms with E-state index >= 15 is 0 Å². The molecule has 0 aliphatic heterocycles. The lowest BCUT2D eigenvalue weighted by molar-refractivity contribution is -0.385. The van der Waals surface area contributed by atoms with Gasteiger partial charge in [-0.1, -0.05) is 30.3 Å². The Kier molecular flexibility index (Phi) is 7.57. The number of carbonyl (C=O) groups excluding carboxylic acids is 1. The summed E-state index contributed by atoms with van der Waals surface area (Å²) in [5, 5.41) is 17.5. The van der Waals surface area contributed by atoms with Gasteiger partial charge < -0.3 is 10.6 Å². The molecular weight excluding hydrogens is 382 g/mol. The van der Waals surface area contributed by atoms with Crippen molar-refractivity contribution in [2.75, 3.05) is 13.1 Å². The summed E-state index contributed by atoms with van der Waals surface area (Å²) in [5.41, 5.74) is 2.28. The molecule has 0 fully saturated rings. The summed E-state index contributed by atoms with van der Waals surface area (Å²) in [4.78, 5) is 32.1. The lowest BCUT2D eigenvalue weighted by Crippen LogP contribution is -2.39. The number of carbonyl (C=O) groups is 1. The van der Waals surface area contributed by atoms with Crippen molar-refractivity contribution in [1.82, 2.24) is 20.6 Å². The van der Waals surface area contributed by atoms with Gasteiger partial charge in [-0.25, -0.2) is 0 Å². The Labute approximate surface area is 174 Å². The van der Waals surface area contributed by atoms with Gasteiger partial charge in [0.05, 0.1) is 10.5 Å². The van der Waals surface area contributed by atoms with Crippen LogP contribution in [0.4, 0.5) is 5.69 Å². The van der Waals surface area contributed by atoms with Gasteiger partial charge in [0.25, 0.3) is 5.69 Å². The lowest BCUT2D eigenvalue weighted by Gasteiger charge is -2.19. The summed E-state index contributed by atoms with van der Waals surface area (Å²) in [6.07, 6.45) is 8.17. The first-order chi connectivity index (χ1) is 14.6. The molecule has 2 heterocycles. The lowest BCUT2D eigenvalue weighted by atomic mass is 10.0. The standard InChI is InChI=1S/C22H23N5O3/c28-22(26-14-10-18-6-4-12-24-16-18)21(19-7-1-2-8-20(19)27(29)30)25-13-9-17-5-3-11-23-15-17/h1-8,11-12,15-16,21,25H,9-10,13-14H2,(H,26,28). The quantitative estimate of drug-likeness (QED) is 0.396. The maximum Gasteiger partial charge on any atom is 0.274 e. The Balaban J connectivity index is 1.69. The molecule has 0 spiro atoms. The smallest absolute Gasteiger partial charge is 0.274 e. The molecule has 0 bridgehead atoms. The monoisotopic (exact) mass is 405 g/mol. The van der Waals surface area contributed by atoms with Crippen molar-refractivity contribution in [2.24, 2.45) is 0 Å². The van der Waals surface area contributed by atoms with Crippen molar-refractivity contribution in [2.45, 2.75) is 18.9 Å². The molecule has 1 aromatic carbocycles. The van der Waals surface area contributed by atoms with Gasteiger partial charge >= 0.3 is 0 Å². The molecule has 1 unspecified atom stereocenters. The van der Waals surface area contributed by atoms with Crippen LogP contribution in [-0.4, -0.2) is 33.9 Å². The van der Waals surface area contributed by atoms with E-state index < -0.39 is 11.0 Å². The van der Waals surface area contributed by atoms with Gasteiger partial charge in [-0.15, -0.1) is 0 Å². The molecule has 0 radical (unpaired) electrons. The van der Waals surface area contributed by atoms with Crippen LogP contribution in [0.25, 0.3) is 0 Å². The molecule has 3 rings (SSSR count). The molecule has 0 saturated heterocycles. The van der Waals surface area contributed by atoms with Crippen molar-refractivity contribution >= 4 is 11.6 Å². The van der Waals surface area contributed by atoms with Crippen molar-refractivity contribution in [3.05, 3.63) is 100 Å². The molecule has 1 atom stereocenters. The van der Waals surface area contributed by atoms with E-state index in [1.165, 1.54) is 6.07 Å². The molecule has 3 aromatic rings. The van der Waals surface area contributed by atoms with Gasteiger partial charge in [0.15, 0.2) is 0 Å². The number of hydrogen-bond acceptors (Lipinski definition) is 6. The second-order valence-corrected chi connectivity index (χ2v) is 6.72. The molecule has 0 saturated carbocycles. The molecule has 2 N–H and O–H groups in total. The van der Waals surface area contributed by atoms with Crippen LogP contribution in [0.3, 0.4) is 0 Å². The highest BCUT2D eigenvalue weighted by Gasteiger charge is 2.27. The van der Waals surface area contributed by atoms with Crippen molar-refractivity contribution in [3.63, 3.8) is 0 Å². The Hall–Kier alpha value is -3.65. The first kappa shape index (κ1) is 21.1. The van der Waals surface area contributed by atoms with E-state index in [1.54, 1.807) is 43.0 Å². The number of nitro benzene ring substituents is 1. The van der Waals surface area contributed by atoms with Gasteiger partial charge in [0.2, 0.25) is 5.91 Å². The predicted molar refractivity (Wildman–Crippen MR) is 113 cm³/mol. The van der Waals surface area contributed by atoms with E-state index in [2.05, 4.69) is 20.6 Å². The zero-order valence-corrected chi connectivity index (χ0v) is 16.4. The Morgan fingerprint density at radius 2 is 1.57 bits per heavy atom. The summed E-state index contributed by atoms with van der Waals surface area (Å²) in [5.74, 6) is -0.306. The fourth-order valence-corrected chi connectivity index (χ4v) is 3.13. The van der Waals surface area contributed by atoms with E-state index in [9.17, 15) is 14.9 Å². The molecule has 154 valence electrons. The van der Waals surface area contributed by atoms with E-state index in [-0.39, 0.29) is 11.6 Å². The highest BCUT2D eigenvalue weighted by molar-refractivity contribution is 5.84. The molecule has 2 aromatic heterocycles. The summed E-state index contributed by atoms with van der Waals surface area (Å²) >= 11 is 0. The number of amides is 1. The van der Waals surface area contributed by atoms with Crippen LogP contribution in [0.5, 0.6) is 0 Å². The Morgan fingerprint density at radius 3 is 2.17 bits per heavy atom. The summed E-state index contributed by atoms with van der Waals surface area (Å²) in [6.45, 7) is 0.879. The maximum absolute atomic E-state index is 12.9. The number of nitro groups is 1. The molecule has 1 amide bonds. The molecule has 30 heavy (non-hydrogen) atoms. The number of pyridine rings is 2. The van der Waals surface area contributed by atoms with Crippen molar-refractivity contribution in [3.8, 4) is 0 Å². The normalized spacial score (nSPS) is 11.6. The van der Waals surface area contributed by atoms with E-state index in [1.807, 2.05) is 24.3 Å². The number of nitrogens with zero attached hydrogens (tertiary/aromatic N) is 3. The molecule has 0 aliphatic rings. The molecule has 8 heteroatoms. The van der Waals surface area contributed by atoms with Crippen LogP contribution in [0.1, 0.15) is 22.7 Å².